The Morgan fingerprint density at radius 1 is 0.536 bits per heavy atom. The summed E-state index contributed by atoms with van der Waals surface area (Å²) in [4.78, 5) is 52.2. The van der Waals surface area contributed by atoms with Gasteiger partial charge in [-0.15, -0.1) is 0 Å². The number of fused-ring (bicyclic) bond motifs is 2. The third kappa shape index (κ3) is 9.36. The number of amides is 2. The smallest absolute Gasteiger partial charge is 0.306 e. The van der Waals surface area contributed by atoms with Crippen molar-refractivity contribution in [3.63, 3.8) is 0 Å². The topological polar surface area (TPSA) is 151 Å². The van der Waals surface area contributed by atoms with E-state index in [4.69, 9.17) is 20.4 Å². The molecule has 2 amide bonds. The Bertz CT molecular complexity index is 1580. The van der Waals surface area contributed by atoms with Gasteiger partial charge in [-0.25, -0.2) is 0 Å². The zero-order valence-corrected chi connectivity index (χ0v) is 34.1. The molecule has 4 fully saturated rings. The molecule has 308 valence electrons. The van der Waals surface area contributed by atoms with E-state index in [0.29, 0.717) is 75.5 Å². The van der Waals surface area contributed by atoms with Crippen LogP contribution in [0.3, 0.4) is 0 Å². The predicted octanol–water partition coefficient (Wildman–Crippen LogP) is 7.73. The van der Waals surface area contributed by atoms with Crippen molar-refractivity contribution in [2.75, 3.05) is 13.1 Å². The first-order valence-corrected chi connectivity index (χ1v) is 22.2. The molecule has 2 aromatic rings. The standard InChI is InChI=1S/2C22H33N3O3/c2*1-15-19-11-12-24(14-20(19)25(23-15)18-5-3-2-4-6-18)21(26)13-16-7-9-17(10-8-16)22(27)28/h2*16-18H,2-14H2,1H3,(H,27,28). The van der Waals surface area contributed by atoms with Gasteiger partial charge in [0.25, 0.3) is 0 Å². The van der Waals surface area contributed by atoms with E-state index in [1.54, 1.807) is 0 Å². The van der Waals surface area contributed by atoms with Gasteiger partial charge in [-0.2, -0.15) is 10.2 Å². The van der Waals surface area contributed by atoms with Gasteiger partial charge in [0.1, 0.15) is 0 Å². The van der Waals surface area contributed by atoms with Crippen molar-refractivity contribution in [3.8, 4) is 0 Å². The zero-order chi connectivity index (χ0) is 39.3. The van der Waals surface area contributed by atoms with E-state index in [2.05, 4.69) is 23.2 Å². The number of carbonyl (C=O) groups is 4. The minimum Gasteiger partial charge on any atom is -0.481 e. The molecule has 12 nitrogen and oxygen atoms in total. The third-order valence-electron chi connectivity index (χ3n) is 14.4. The summed E-state index contributed by atoms with van der Waals surface area (Å²) in [5.74, 6) is -0.631. The van der Waals surface area contributed by atoms with Crippen LogP contribution in [0.2, 0.25) is 0 Å². The zero-order valence-electron chi connectivity index (χ0n) is 34.1. The lowest BCUT2D eigenvalue weighted by atomic mass is 9.80. The fraction of sp³-hybridized carbons (Fsp3) is 0.773. The van der Waals surface area contributed by atoms with E-state index < -0.39 is 11.9 Å². The van der Waals surface area contributed by atoms with Crippen molar-refractivity contribution in [3.05, 3.63) is 33.9 Å². The lowest BCUT2D eigenvalue weighted by Crippen LogP contribution is -2.38. The number of hydrogen-bond donors (Lipinski definition) is 2. The molecule has 6 aliphatic rings. The molecule has 2 aliphatic heterocycles. The Morgan fingerprint density at radius 3 is 1.23 bits per heavy atom. The maximum absolute atomic E-state index is 13.0. The van der Waals surface area contributed by atoms with Gasteiger partial charge in [-0.3, -0.25) is 28.5 Å². The molecule has 0 unspecified atom stereocenters. The minimum absolute atomic E-state index is 0.211. The summed E-state index contributed by atoms with van der Waals surface area (Å²) in [7, 11) is 0. The van der Waals surface area contributed by atoms with Crippen LogP contribution in [0.4, 0.5) is 0 Å². The Kier molecular flexibility index (Phi) is 13.2. The number of carbonyl (C=O) groups excluding carboxylic acids is 2. The van der Waals surface area contributed by atoms with Gasteiger partial charge in [0.2, 0.25) is 11.8 Å². The Hall–Kier alpha value is -3.70. The normalized spacial score (nSPS) is 26.1. The molecule has 8 rings (SSSR count). The molecule has 56 heavy (non-hydrogen) atoms. The molecule has 4 aliphatic carbocycles. The highest BCUT2D eigenvalue weighted by Crippen LogP contribution is 2.37. The second kappa shape index (κ2) is 18.3. The van der Waals surface area contributed by atoms with Gasteiger partial charge in [-0.1, -0.05) is 38.5 Å². The maximum atomic E-state index is 13.0. The fourth-order valence-corrected chi connectivity index (χ4v) is 10.9. The molecule has 0 radical (unpaired) electrons. The van der Waals surface area contributed by atoms with E-state index in [9.17, 15) is 19.2 Å². The van der Waals surface area contributed by atoms with Gasteiger partial charge < -0.3 is 20.0 Å². The van der Waals surface area contributed by atoms with Crippen molar-refractivity contribution in [2.45, 2.75) is 180 Å². The molecule has 2 N–H and O–H groups in total. The van der Waals surface area contributed by atoms with Gasteiger partial charge in [0, 0.05) is 25.9 Å². The molecule has 12 heteroatoms. The van der Waals surface area contributed by atoms with E-state index in [-0.39, 0.29) is 23.7 Å². The van der Waals surface area contributed by atoms with E-state index >= 15 is 0 Å². The number of aryl methyl sites for hydroxylation is 2. The maximum Gasteiger partial charge on any atom is 0.306 e. The second-order valence-electron chi connectivity index (χ2n) is 18.1. The number of carboxylic acids is 2. The van der Waals surface area contributed by atoms with Crippen LogP contribution in [0, 0.1) is 37.5 Å². The highest BCUT2D eigenvalue weighted by molar-refractivity contribution is 5.77. The largest absolute Gasteiger partial charge is 0.481 e. The van der Waals surface area contributed by atoms with Crippen LogP contribution < -0.4 is 0 Å². The molecular formula is C44H66N6O6. The lowest BCUT2D eigenvalue weighted by molar-refractivity contribution is -0.144. The van der Waals surface area contributed by atoms with Crippen LogP contribution in [0.5, 0.6) is 0 Å². The van der Waals surface area contributed by atoms with Gasteiger partial charge in [0.15, 0.2) is 0 Å². The third-order valence-corrected chi connectivity index (χ3v) is 14.4. The second-order valence-corrected chi connectivity index (χ2v) is 18.1. The average Bonchev–Trinajstić information content (AvgIpc) is 3.74. The summed E-state index contributed by atoms with van der Waals surface area (Å²) in [6, 6.07) is 0.995. The molecule has 0 aromatic carbocycles. The summed E-state index contributed by atoms with van der Waals surface area (Å²) in [5, 5.41) is 28.1. The van der Waals surface area contributed by atoms with Crippen molar-refractivity contribution in [1.82, 2.24) is 29.4 Å². The van der Waals surface area contributed by atoms with Gasteiger partial charge in [-0.05, 0) is 127 Å². The molecule has 0 saturated heterocycles. The highest BCUT2D eigenvalue weighted by Gasteiger charge is 2.34. The molecule has 4 heterocycles. The summed E-state index contributed by atoms with van der Waals surface area (Å²) in [6.45, 7) is 7.17. The van der Waals surface area contributed by atoms with Crippen LogP contribution in [-0.2, 0) is 45.1 Å². The van der Waals surface area contributed by atoms with E-state index in [1.807, 2.05) is 9.80 Å². The van der Waals surface area contributed by atoms with E-state index in [1.165, 1.54) is 86.7 Å². The Labute approximate surface area is 332 Å². The first-order valence-electron chi connectivity index (χ1n) is 22.2. The summed E-state index contributed by atoms with van der Waals surface area (Å²) in [6.07, 6.45) is 21.8. The predicted molar refractivity (Wildman–Crippen MR) is 212 cm³/mol. The number of aromatic nitrogens is 4. The average molecular weight is 775 g/mol. The highest BCUT2D eigenvalue weighted by atomic mass is 16.4. The number of rotatable bonds is 8. The number of nitrogens with zero attached hydrogens (tertiary/aromatic N) is 6. The Balaban J connectivity index is 0.000000172. The van der Waals surface area contributed by atoms with Crippen molar-refractivity contribution in [1.29, 1.82) is 0 Å². The SMILES string of the molecule is Cc1nn(C2CCCCC2)c2c1CCN(C(=O)CC1CCC(C(=O)O)CC1)C2.Cc1nn(C2CCCCC2)c2c1CCN(C(=O)CC1CCC(C(=O)O)CC1)C2. The summed E-state index contributed by atoms with van der Waals surface area (Å²) < 4.78 is 4.50. The molecular weight excluding hydrogens is 709 g/mol. The molecule has 2 aromatic heterocycles. The van der Waals surface area contributed by atoms with Crippen LogP contribution in [0.25, 0.3) is 0 Å². The minimum atomic E-state index is -0.681. The van der Waals surface area contributed by atoms with E-state index in [0.717, 1.165) is 63.0 Å². The molecule has 0 atom stereocenters. The quantitative estimate of drug-likeness (QED) is 0.277. The van der Waals surface area contributed by atoms with Gasteiger partial charge >= 0.3 is 11.9 Å². The number of aliphatic carboxylic acids is 2. The Morgan fingerprint density at radius 2 is 0.893 bits per heavy atom. The number of carboxylic acid groups (broad SMARTS) is 2. The first-order chi connectivity index (χ1) is 27.0. The fourth-order valence-electron chi connectivity index (χ4n) is 10.9. The van der Waals surface area contributed by atoms with Crippen LogP contribution in [-0.4, -0.2) is 76.4 Å². The molecule has 0 bridgehead atoms. The summed E-state index contributed by atoms with van der Waals surface area (Å²) >= 11 is 0. The molecule has 0 spiro atoms. The summed E-state index contributed by atoms with van der Waals surface area (Å²) in [5.41, 5.74) is 7.52. The van der Waals surface area contributed by atoms with Crippen molar-refractivity contribution in [2.24, 2.45) is 23.7 Å². The van der Waals surface area contributed by atoms with Crippen LogP contribution in [0.15, 0.2) is 0 Å². The van der Waals surface area contributed by atoms with Crippen molar-refractivity contribution >= 4 is 23.8 Å². The monoisotopic (exact) mass is 775 g/mol. The first kappa shape index (κ1) is 40.5. The van der Waals surface area contributed by atoms with Crippen LogP contribution in [0.1, 0.15) is 174 Å². The molecule has 4 saturated carbocycles. The number of hydrogen-bond acceptors (Lipinski definition) is 6. The van der Waals surface area contributed by atoms with Crippen molar-refractivity contribution < 1.29 is 29.4 Å². The van der Waals surface area contributed by atoms with Gasteiger partial charge in [0.05, 0.1) is 59.8 Å². The van der Waals surface area contributed by atoms with Crippen LogP contribution >= 0.6 is 0 Å². The lowest BCUT2D eigenvalue weighted by Gasteiger charge is -2.32.